The molecule has 10 heteroatoms. The zero-order chi connectivity index (χ0) is 23.8. The van der Waals surface area contributed by atoms with Gasteiger partial charge in [0.2, 0.25) is 5.91 Å². The second kappa shape index (κ2) is 10.8. The minimum Gasteiger partial charge on any atom is -0.323 e. The predicted octanol–water partition coefficient (Wildman–Crippen LogP) is 3.96. The molecule has 0 unspecified atom stereocenters. The molecule has 0 atom stereocenters. The number of benzene rings is 1. The highest BCUT2D eigenvalue weighted by molar-refractivity contribution is 6.04. The summed E-state index contributed by atoms with van der Waals surface area (Å²) < 4.78 is 38.3. The van der Waals surface area contributed by atoms with Gasteiger partial charge in [-0.2, -0.15) is 13.2 Å². The topological polar surface area (TPSA) is 96.9 Å². The number of aromatic nitrogens is 3. The molecule has 3 aromatic rings. The lowest BCUT2D eigenvalue weighted by atomic mass is 10.0. The number of pyridine rings is 1. The average molecular weight is 457 g/mol. The van der Waals surface area contributed by atoms with Crippen LogP contribution in [-0.4, -0.2) is 39.4 Å². The van der Waals surface area contributed by atoms with Crippen LogP contribution in [0.3, 0.4) is 0 Å². The first-order valence-corrected chi connectivity index (χ1v) is 10.2. The highest BCUT2D eigenvalue weighted by Crippen LogP contribution is 2.28. The fourth-order valence-corrected chi connectivity index (χ4v) is 3.12. The van der Waals surface area contributed by atoms with Crippen molar-refractivity contribution in [3.63, 3.8) is 0 Å². The van der Waals surface area contributed by atoms with E-state index in [9.17, 15) is 22.8 Å². The Labute approximate surface area is 188 Å². The summed E-state index contributed by atoms with van der Waals surface area (Å²) in [6.07, 6.45) is -0.788. The van der Waals surface area contributed by atoms with Crippen molar-refractivity contribution in [3.05, 3.63) is 72.1 Å². The van der Waals surface area contributed by atoms with Crippen LogP contribution in [0.2, 0.25) is 0 Å². The van der Waals surface area contributed by atoms with Gasteiger partial charge in [0.1, 0.15) is 12.0 Å². The van der Waals surface area contributed by atoms with Gasteiger partial charge in [-0.05, 0) is 23.3 Å². The van der Waals surface area contributed by atoms with Crippen molar-refractivity contribution in [2.45, 2.75) is 32.5 Å². The van der Waals surface area contributed by atoms with Gasteiger partial charge in [0.25, 0.3) is 0 Å². The van der Waals surface area contributed by atoms with E-state index in [-0.39, 0.29) is 35.7 Å². The van der Waals surface area contributed by atoms with Crippen LogP contribution in [0.4, 0.5) is 18.9 Å². The van der Waals surface area contributed by atoms with E-state index in [4.69, 9.17) is 0 Å². The molecule has 0 bridgehead atoms. The number of ketones is 1. The second-order valence-corrected chi connectivity index (χ2v) is 7.24. The Balaban J connectivity index is 1.78. The Morgan fingerprint density at radius 1 is 1.06 bits per heavy atom. The lowest BCUT2D eigenvalue weighted by molar-refractivity contribution is -0.127. The van der Waals surface area contributed by atoms with Crippen LogP contribution in [-0.2, 0) is 17.8 Å². The Morgan fingerprint density at radius 3 is 2.58 bits per heavy atom. The SMILES string of the molecule is CCC(=O)c1ncc(-c2cccc(CC(F)(F)F)c2)cc1NC(=O)CNCc1ccncn1. The number of carbonyl (C=O) groups excluding carboxylic acids is 2. The van der Waals surface area contributed by atoms with Gasteiger partial charge in [-0.3, -0.25) is 14.6 Å². The van der Waals surface area contributed by atoms with Gasteiger partial charge in [-0.25, -0.2) is 9.97 Å². The molecular formula is C23H22F3N5O2. The molecule has 172 valence electrons. The molecule has 0 aliphatic heterocycles. The summed E-state index contributed by atoms with van der Waals surface area (Å²) >= 11 is 0. The third kappa shape index (κ3) is 7.18. The Kier molecular flexibility index (Phi) is 7.83. The summed E-state index contributed by atoms with van der Waals surface area (Å²) in [7, 11) is 0. The quantitative estimate of drug-likeness (QED) is 0.472. The standard InChI is InChI=1S/C23H22F3N5O2/c1-2-20(32)22-19(31-21(33)13-28-12-18-6-7-27-14-30-18)9-17(11-29-22)16-5-3-4-15(8-16)10-23(24,25)26/h3-9,11,14,28H,2,10,12-13H2,1H3,(H,31,33). The maximum atomic E-state index is 12.8. The first-order chi connectivity index (χ1) is 15.7. The predicted molar refractivity (Wildman–Crippen MR) is 116 cm³/mol. The van der Waals surface area contributed by atoms with Gasteiger partial charge < -0.3 is 10.6 Å². The molecular weight excluding hydrogens is 435 g/mol. The molecule has 0 aliphatic carbocycles. The Hall–Kier alpha value is -3.66. The Bertz CT molecular complexity index is 1120. The zero-order valence-corrected chi connectivity index (χ0v) is 17.8. The number of halogens is 3. The molecule has 2 heterocycles. The van der Waals surface area contributed by atoms with Gasteiger partial charge in [0, 0.05) is 30.9 Å². The summed E-state index contributed by atoms with van der Waals surface area (Å²) in [4.78, 5) is 36.8. The van der Waals surface area contributed by atoms with Crippen molar-refractivity contribution >= 4 is 17.4 Å². The van der Waals surface area contributed by atoms with Crippen molar-refractivity contribution in [2.24, 2.45) is 0 Å². The number of Topliss-reactive ketones (excluding diaryl/α,β-unsaturated/α-hetero) is 1. The summed E-state index contributed by atoms with van der Waals surface area (Å²) in [5.41, 5.74) is 2.09. The van der Waals surface area contributed by atoms with Crippen LogP contribution < -0.4 is 10.6 Å². The van der Waals surface area contributed by atoms with Gasteiger partial charge in [0.05, 0.1) is 24.3 Å². The molecule has 7 nitrogen and oxygen atoms in total. The fourth-order valence-electron chi connectivity index (χ4n) is 3.12. The molecule has 0 aliphatic rings. The van der Waals surface area contributed by atoms with Crippen molar-refractivity contribution in [3.8, 4) is 11.1 Å². The second-order valence-electron chi connectivity index (χ2n) is 7.24. The lowest BCUT2D eigenvalue weighted by Crippen LogP contribution is -2.28. The van der Waals surface area contributed by atoms with Crippen molar-refractivity contribution in [2.75, 3.05) is 11.9 Å². The lowest BCUT2D eigenvalue weighted by Gasteiger charge is -2.13. The van der Waals surface area contributed by atoms with Crippen molar-refractivity contribution in [1.82, 2.24) is 20.3 Å². The van der Waals surface area contributed by atoms with Crippen LogP contribution in [0.5, 0.6) is 0 Å². The zero-order valence-electron chi connectivity index (χ0n) is 17.8. The average Bonchev–Trinajstić information content (AvgIpc) is 2.78. The number of nitrogens with zero attached hydrogens (tertiary/aromatic N) is 3. The van der Waals surface area contributed by atoms with Crippen LogP contribution in [0.1, 0.15) is 35.1 Å². The number of nitrogens with one attached hydrogen (secondary N) is 2. The minimum atomic E-state index is -4.33. The third-order valence-electron chi connectivity index (χ3n) is 4.65. The summed E-state index contributed by atoms with van der Waals surface area (Å²) in [5.74, 6) is -0.671. The Morgan fingerprint density at radius 2 is 1.88 bits per heavy atom. The van der Waals surface area contributed by atoms with Gasteiger partial charge in [-0.15, -0.1) is 0 Å². The minimum absolute atomic E-state index is 0.0466. The number of carbonyl (C=O) groups is 2. The number of alkyl halides is 3. The molecule has 2 aromatic heterocycles. The van der Waals surface area contributed by atoms with E-state index in [0.717, 1.165) is 0 Å². The van der Waals surface area contributed by atoms with Crippen molar-refractivity contribution in [1.29, 1.82) is 0 Å². The summed E-state index contributed by atoms with van der Waals surface area (Å²) in [5, 5.41) is 5.62. The van der Waals surface area contributed by atoms with Gasteiger partial charge in [0.15, 0.2) is 5.78 Å². The van der Waals surface area contributed by atoms with Gasteiger partial charge in [-0.1, -0.05) is 31.2 Å². The summed E-state index contributed by atoms with van der Waals surface area (Å²) in [6, 6.07) is 9.24. The molecule has 0 spiro atoms. The number of hydrogen-bond acceptors (Lipinski definition) is 6. The fraction of sp³-hybridized carbons (Fsp3) is 0.261. The molecule has 0 fully saturated rings. The van der Waals surface area contributed by atoms with E-state index in [1.807, 2.05) is 0 Å². The van der Waals surface area contributed by atoms with Crippen LogP contribution in [0, 0.1) is 0 Å². The van der Waals surface area contributed by atoms with Crippen LogP contribution in [0.15, 0.2) is 55.1 Å². The highest BCUT2D eigenvalue weighted by Gasteiger charge is 2.27. The van der Waals surface area contributed by atoms with E-state index in [1.54, 1.807) is 31.3 Å². The smallest absolute Gasteiger partial charge is 0.323 e. The summed E-state index contributed by atoms with van der Waals surface area (Å²) in [6.45, 7) is 1.98. The first kappa shape index (κ1) is 24.0. The van der Waals surface area contributed by atoms with E-state index in [0.29, 0.717) is 23.4 Å². The molecule has 0 saturated carbocycles. The monoisotopic (exact) mass is 457 g/mol. The molecule has 33 heavy (non-hydrogen) atoms. The molecule has 0 radical (unpaired) electrons. The molecule has 1 aromatic carbocycles. The highest BCUT2D eigenvalue weighted by atomic mass is 19.4. The maximum Gasteiger partial charge on any atom is 0.393 e. The van der Waals surface area contributed by atoms with E-state index in [2.05, 4.69) is 25.6 Å². The van der Waals surface area contributed by atoms with Crippen molar-refractivity contribution < 1.29 is 22.8 Å². The maximum absolute atomic E-state index is 12.8. The number of anilines is 1. The normalized spacial score (nSPS) is 11.3. The molecule has 3 rings (SSSR count). The number of hydrogen-bond donors (Lipinski definition) is 2. The molecule has 2 N–H and O–H groups in total. The molecule has 0 saturated heterocycles. The first-order valence-electron chi connectivity index (χ1n) is 10.2. The van der Waals surface area contributed by atoms with Gasteiger partial charge >= 0.3 is 6.18 Å². The third-order valence-corrected chi connectivity index (χ3v) is 4.65. The van der Waals surface area contributed by atoms with E-state index >= 15 is 0 Å². The number of amides is 1. The van der Waals surface area contributed by atoms with Crippen LogP contribution >= 0.6 is 0 Å². The molecule has 1 amide bonds. The number of rotatable bonds is 9. The van der Waals surface area contributed by atoms with E-state index < -0.39 is 18.5 Å². The van der Waals surface area contributed by atoms with E-state index in [1.165, 1.54) is 30.7 Å². The largest absolute Gasteiger partial charge is 0.393 e. The van der Waals surface area contributed by atoms with Crippen LogP contribution in [0.25, 0.3) is 11.1 Å².